The first-order valence-corrected chi connectivity index (χ1v) is 9.24. The molecule has 0 amide bonds. The van der Waals surface area contributed by atoms with Crippen LogP contribution in [0.4, 0.5) is 11.6 Å². The second-order valence-electron chi connectivity index (χ2n) is 5.87. The summed E-state index contributed by atoms with van der Waals surface area (Å²) in [5.41, 5.74) is 8.43. The molecule has 3 aromatic heterocycles. The number of nitrogens with zero attached hydrogens (tertiary/aromatic N) is 4. The summed E-state index contributed by atoms with van der Waals surface area (Å²) in [4.78, 5) is 29.4. The van der Waals surface area contributed by atoms with Crippen molar-refractivity contribution in [3.8, 4) is 10.4 Å². The third kappa shape index (κ3) is 3.74. The Morgan fingerprint density at radius 2 is 2.00 bits per heavy atom. The number of rotatable bonds is 7. The number of carbonyl (C=O) groups is 1. The fourth-order valence-electron chi connectivity index (χ4n) is 2.76. The summed E-state index contributed by atoms with van der Waals surface area (Å²) in [6.07, 6.45) is 4.62. The zero-order chi connectivity index (χ0) is 19.3. The second kappa shape index (κ2) is 7.97. The number of benzene rings is 1. The molecule has 1 aromatic carbocycles. The fraction of sp³-hybridized carbons (Fsp3) is 0.105. The molecule has 0 saturated heterocycles. The number of carbonyl (C=O) groups excluding carboxylic acids is 1. The van der Waals surface area contributed by atoms with Crippen molar-refractivity contribution >= 4 is 40.3 Å². The smallest absolute Gasteiger partial charge is 0.293 e. The van der Waals surface area contributed by atoms with Crippen LogP contribution >= 0.6 is 11.3 Å². The summed E-state index contributed by atoms with van der Waals surface area (Å²) in [6, 6.07) is 10.1. The van der Waals surface area contributed by atoms with Crippen LogP contribution in [0.25, 0.3) is 21.3 Å². The molecule has 9 heteroatoms. The first-order valence-electron chi connectivity index (χ1n) is 8.43. The molecule has 0 atom stereocenters. The highest BCUT2D eigenvalue weighted by molar-refractivity contribution is 7.15. The van der Waals surface area contributed by atoms with Gasteiger partial charge in [-0.3, -0.25) is 9.78 Å². The standard InChI is InChI=1S/C19H16N6O2S/c20-18-14-7-12(1-3-15(14)24-10-25-18)17-4-2-13(28-17)8-23-19-16(9-27-11-26)21-5-6-22-19/h1-7,10-11H,8-9H2,(H,22,23)(H2,20,24,25). The van der Waals surface area contributed by atoms with E-state index < -0.39 is 0 Å². The lowest BCUT2D eigenvalue weighted by Gasteiger charge is -2.08. The van der Waals surface area contributed by atoms with Gasteiger partial charge in [0, 0.05) is 27.5 Å². The fourth-order valence-corrected chi connectivity index (χ4v) is 3.71. The molecule has 0 aliphatic rings. The van der Waals surface area contributed by atoms with Crippen LogP contribution in [-0.2, 0) is 22.7 Å². The van der Waals surface area contributed by atoms with E-state index >= 15 is 0 Å². The Hall–Kier alpha value is -3.59. The van der Waals surface area contributed by atoms with Crippen molar-refractivity contribution in [1.29, 1.82) is 0 Å². The van der Waals surface area contributed by atoms with Gasteiger partial charge in [0.05, 0.1) is 12.1 Å². The van der Waals surface area contributed by atoms with Crippen LogP contribution in [0.1, 0.15) is 10.6 Å². The van der Waals surface area contributed by atoms with Crippen molar-refractivity contribution in [3.63, 3.8) is 0 Å². The third-order valence-electron chi connectivity index (χ3n) is 4.10. The number of nitrogens with two attached hydrogens (primary N) is 1. The summed E-state index contributed by atoms with van der Waals surface area (Å²) in [5, 5.41) is 4.08. The van der Waals surface area contributed by atoms with Crippen LogP contribution in [0.3, 0.4) is 0 Å². The van der Waals surface area contributed by atoms with Crippen molar-refractivity contribution in [2.45, 2.75) is 13.2 Å². The lowest BCUT2D eigenvalue weighted by molar-refractivity contribution is -0.129. The zero-order valence-corrected chi connectivity index (χ0v) is 15.5. The second-order valence-corrected chi connectivity index (χ2v) is 7.04. The van der Waals surface area contributed by atoms with Gasteiger partial charge in [-0.1, -0.05) is 6.07 Å². The quantitative estimate of drug-likeness (QED) is 0.461. The van der Waals surface area contributed by atoms with E-state index in [9.17, 15) is 4.79 Å². The SMILES string of the molecule is Nc1ncnc2ccc(-c3ccc(CNc4nccnc4COC=O)s3)cc12. The molecule has 4 rings (SSSR count). The molecule has 0 aliphatic heterocycles. The molecule has 0 spiro atoms. The Bertz CT molecular complexity index is 1130. The van der Waals surface area contributed by atoms with Crippen LogP contribution in [0.15, 0.2) is 49.1 Å². The highest BCUT2D eigenvalue weighted by Crippen LogP contribution is 2.31. The summed E-state index contributed by atoms with van der Waals surface area (Å²) in [6.45, 7) is 1.05. The maximum Gasteiger partial charge on any atom is 0.293 e. The highest BCUT2D eigenvalue weighted by atomic mass is 32.1. The first kappa shape index (κ1) is 17.8. The van der Waals surface area contributed by atoms with E-state index in [0.29, 0.717) is 30.3 Å². The number of anilines is 2. The number of aromatic nitrogens is 4. The van der Waals surface area contributed by atoms with Gasteiger partial charge in [-0.15, -0.1) is 11.3 Å². The van der Waals surface area contributed by atoms with Gasteiger partial charge in [0.25, 0.3) is 6.47 Å². The number of fused-ring (bicyclic) bond motifs is 1. The topological polar surface area (TPSA) is 116 Å². The zero-order valence-electron chi connectivity index (χ0n) is 14.7. The summed E-state index contributed by atoms with van der Waals surface area (Å²) < 4.78 is 4.78. The molecule has 0 fully saturated rings. The predicted molar refractivity (Wildman–Crippen MR) is 107 cm³/mol. The van der Waals surface area contributed by atoms with E-state index in [1.807, 2.05) is 18.2 Å². The number of ether oxygens (including phenoxy) is 1. The molecule has 28 heavy (non-hydrogen) atoms. The van der Waals surface area contributed by atoms with Gasteiger partial charge in [-0.05, 0) is 29.8 Å². The lowest BCUT2D eigenvalue weighted by atomic mass is 10.1. The van der Waals surface area contributed by atoms with E-state index in [1.54, 1.807) is 23.7 Å². The van der Waals surface area contributed by atoms with E-state index in [-0.39, 0.29) is 6.61 Å². The Balaban J connectivity index is 1.51. The largest absolute Gasteiger partial charge is 0.461 e. The van der Waals surface area contributed by atoms with Crippen molar-refractivity contribution < 1.29 is 9.53 Å². The summed E-state index contributed by atoms with van der Waals surface area (Å²) in [5.74, 6) is 1.06. The van der Waals surface area contributed by atoms with Crippen LogP contribution in [0.2, 0.25) is 0 Å². The monoisotopic (exact) mass is 392 g/mol. The first-order chi connectivity index (χ1) is 13.7. The van der Waals surface area contributed by atoms with Gasteiger partial charge in [-0.25, -0.2) is 15.0 Å². The van der Waals surface area contributed by atoms with Crippen molar-refractivity contribution in [2.24, 2.45) is 0 Å². The van der Waals surface area contributed by atoms with Crippen LogP contribution in [0.5, 0.6) is 0 Å². The van der Waals surface area contributed by atoms with Crippen molar-refractivity contribution in [3.05, 3.63) is 59.6 Å². The summed E-state index contributed by atoms with van der Waals surface area (Å²) in [7, 11) is 0. The molecule has 140 valence electrons. The average Bonchev–Trinajstić information content (AvgIpc) is 3.20. The molecule has 0 radical (unpaired) electrons. The molecular weight excluding hydrogens is 376 g/mol. The van der Waals surface area contributed by atoms with E-state index in [0.717, 1.165) is 26.2 Å². The van der Waals surface area contributed by atoms with Gasteiger partial charge in [0.1, 0.15) is 24.4 Å². The van der Waals surface area contributed by atoms with E-state index in [2.05, 4.69) is 37.4 Å². The van der Waals surface area contributed by atoms with Crippen LogP contribution in [-0.4, -0.2) is 26.4 Å². The number of hydrogen-bond acceptors (Lipinski definition) is 9. The number of nitrogen functional groups attached to an aromatic ring is 1. The van der Waals surface area contributed by atoms with Gasteiger partial charge in [0.2, 0.25) is 0 Å². The number of hydrogen-bond donors (Lipinski definition) is 2. The maximum atomic E-state index is 10.4. The molecule has 4 aromatic rings. The normalized spacial score (nSPS) is 10.7. The molecule has 8 nitrogen and oxygen atoms in total. The van der Waals surface area contributed by atoms with Crippen molar-refractivity contribution in [2.75, 3.05) is 11.1 Å². The summed E-state index contributed by atoms with van der Waals surface area (Å²) >= 11 is 1.66. The van der Waals surface area contributed by atoms with Crippen molar-refractivity contribution in [1.82, 2.24) is 19.9 Å². The van der Waals surface area contributed by atoms with Crippen LogP contribution in [0, 0.1) is 0 Å². The minimum atomic E-state index is 0.0793. The van der Waals surface area contributed by atoms with Gasteiger partial charge in [-0.2, -0.15) is 0 Å². The third-order valence-corrected chi connectivity index (χ3v) is 5.24. The van der Waals surface area contributed by atoms with E-state index in [1.165, 1.54) is 6.33 Å². The van der Waals surface area contributed by atoms with Gasteiger partial charge in [0.15, 0.2) is 5.82 Å². The van der Waals surface area contributed by atoms with E-state index in [4.69, 9.17) is 10.5 Å². The molecule has 3 N–H and O–H groups in total. The molecular formula is C19H16N6O2S. The molecule has 0 aliphatic carbocycles. The average molecular weight is 392 g/mol. The molecule has 3 heterocycles. The minimum Gasteiger partial charge on any atom is -0.461 e. The Kier molecular flexibility index (Phi) is 5.07. The lowest BCUT2D eigenvalue weighted by Crippen LogP contribution is -2.06. The highest BCUT2D eigenvalue weighted by Gasteiger charge is 2.09. The number of nitrogens with one attached hydrogen (secondary N) is 1. The minimum absolute atomic E-state index is 0.0793. The maximum absolute atomic E-state index is 10.4. The Labute approximate surface area is 164 Å². The number of thiophene rings is 1. The van der Waals surface area contributed by atoms with Gasteiger partial charge >= 0.3 is 0 Å². The molecule has 0 saturated carbocycles. The Morgan fingerprint density at radius 1 is 1.11 bits per heavy atom. The molecule has 0 unspecified atom stereocenters. The molecule has 0 bridgehead atoms. The predicted octanol–water partition coefficient (Wildman–Crippen LogP) is 3.02. The van der Waals surface area contributed by atoms with Crippen LogP contribution < -0.4 is 11.1 Å². The Morgan fingerprint density at radius 3 is 2.89 bits per heavy atom. The van der Waals surface area contributed by atoms with Gasteiger partial charge < -0.3 is 15.8 Å².